The Morgan fingerprint density at radius 2 is 2.24 bits per heavy atom. The van der Waals surface area contributed by atoms with E-state index in [0.29, 0.717) is 12.0 Å². The van der Waals surface area contributed by atoms with Crippen molar-refractivity contribution in [3.05, 3.63) is 23.8 Å². The number of phenolic OH excluding ortho intramolecular Hbond substituents is 1. The summed E-state index contributed by atoms with van der Waals surface area (Å²) in [6.45, 7) is 2.17. The second-order valence-electron chi connectivity index (χ2n) is 3.93. The molecule has 0 aliphatic rings. The molecule has 94 valence electrons. The van der Waals surface area contributed by atoms with Crippen LogP contribution in [-0.4, -0.2) is 28.8 Å². The predicted molar refractivity (Wildman–Crippen MR) is 65.8 cm³/mol. The molecule has 0 aromatic heterocycles. The fourth-order valence-corrected chi connectivity index (χ4v) is 1.43. The number of hydrogen-bond donors (Lipinski definition) is 4. The van der Waals surface area contributed by atoms with E-state index in [0.717, 1.165) is 6.42 Å². The Morgan fingerprint density at radius 3 is 2.82 bits per heavy atom. The van der Waals surface area contributed by atoms with Crippen LogP contribution < -0.4 is 11.1 Å². The number of anilines is 1. The first-order valence-electron chi connectivity index (χ1n) is 5.59. The van der Waals surface area contributed by atoms with Gasteiger partial charge in [0.05, 0.1) is 11.8 Å². The van der Waals surface area contributed by atoms with Crippen molar-refractivity contribution in [3.63, 3.8) is 0 Å². The van der Waals surface area contributed by atoms with Crippen LogP contribution in [0.25, 0.3) is 0 Å². The highest BCUT2D eigenvalue weighted by Crippen LogP contribution is 2.20. The van der Waals surface area contributed by atoms with Crippen molar-refractivity contribution in [2.75, 3.05) is 12.3 Å². The van der Waals surface area contributed by atoms with Gasteiger partial charge in [-0.3, -0.25) is 4.79 Å². The molecule has 1 rings (SSSR count). The van der Waals surface area contributed by atoms with Gasteiger partial charge in [0.25, 0.3) is 5.91 Å². The zero-order chi connectivity index (χ0) is 12.8. The van der Waals surface area contributed by atoms with E-state index in [9.17, 15) is 15.0 Å². The molecule has 1 aromatic carbocycles. The van der Waals surface area contributed by atoms with Crippen molar-refractivity contribution >= 4 is 11.6 Å². The number of phenols is 1. The third kappa shape index (κ3) is 3.96. The van der Waals surface area contributed by atoms with E-state index in [-0.39, 0.29) is 23.9 Å². The Morgan fingerprint density at radius 1 is 1.53 bits per heavy atom. The normalized spacial score (nSPS) is 12.1. The summed E-state index contributed by atoms with van der Waals surface area (Å²) in [5, 5.41) is 21.4. The van der Waals surface area contributed by atoms with Gasteiger partial charge >= 0.3 is 0 Å². The first-order valence-corrected chi connectivity index (χ1v) is 5.59. The van der Waals surface area contributed by atoms with Gasteiger partial charge in [-0.05, 0) is 24.6 Å². The SMILES string of the molecule is CCCC(O)CNC(=O)c1ccc(N)c(O)c1. The first-order chi connectivity index (χ1) is 8.04. The number of aliphatic hydroxyl groups is 1. The molecular weight excluding hydrogens is 220 g/mol. The maximum atomic E-state index is 11.6. The fourth-order valence-electron chi connectivity index (χ4n) is 1.43. The van der Waals surface area contributed by atoms with Crippen LogP contribution in [0.3, 0.4) is 0 Å². The Labute approximate surface area is 100 Å². The minimum atomic E-state index is -0.536. The topological polar surface area (TPSA) is 95.6 Å². The van der Waals surface area contributed by atoms with E-state index in [2.05, 4.69) is 5.32 Å². The van der Waals surface area contributed by atoms with Crippen LogP contribution in [0.2, 0.25) is 0 Å². The number of benzene rings is 1. The number of amides is 1. The highest BCUT2D eigenvalue weighted by Gasteiger charge is 2.09. The lowest BCUT2D eigenvalue weighted by Gasteiger charge is -2.11. The molecule has 0 heterocycles. The number of aliphatic hydroxyl groups excluding tert-OH is 1. The standard InChI is InChI=1S/C12H18N2O3/c1-2-3-9(15)7-14-12(17)8-4-5-10(13)11(16)6-8/h4-6,9,15-16H,2-3,7,13H2,1H3,(H,14,17). The van der Waals surface area contributed by atoms with Crippen molar-refractivity contribution in [1.82, 2.24) is 5.32 Å². The second-order valence-corrected chi connectivity index (χ2v) is 3.93. The summed E-state index contributed by atoms with van der Waals surface area (Å²) in [6.07, 6.45) is 0.971. The predicted octanol–water partition coefficient (Wildman–Crippen LogP) is 0.865. The lowest BCUT2D eigenvalue weighted by Crippen LogP contribution is -2.31. The maximum absolute atomic E-state index is 11.6. The van der Waals surface area contributed by atoms with E-state index in [1.807, 2.05) is 6.92 Å². The number of aromatic hydroxyl groups is 1. The number of hydrogen-bond acceptors (Lipinski definition) is 4. The van der Waals surface area contributed by atoms with E-state index in [1.54, 1.807) is 0 Å². The summed E-state index contributed by atoms with van der Waals surface area (Å²) in [7, 11) is 0. The Bertz CT molecular complexity index is 393. The average Bonchev–Trinajstić information content (AvgIpc) is 2.30. The number of nitrogens with two attached hydrogens (primary N) is 1. The van der Waals surface area contributed by atoms with E-state index < -0.39 is 6.10 Å². The molecule has 0 saturated carbocycles. The van der Waals surface area contributed by atoms with E-state index >= 15 is 0 Å². The van der Waals surface area contributed by atoms with Gasteiger partial charge in [0, 0.05) is 12.1 Å². The monoisotopic (exact) mass is 238 g/mol. The van der Waals surface area contributed by atoms with Gasteiger partial charge in [0.2, 0.25) is 0 Å². The van der Waals surface area contributed by atoms with Crippen LogP contribution >= 0.6 is 0 Å². The smallest absolute Gasteiger partial charge is 0.251 e. The molecule has 0 fully saturated rings. The molecule has 1 unspecified atom stereocenters. The number of rotatable bonds is 5. The highest BCUT2D eigenvalue weighted by atomic mass is 16.3. The molecule has 0 aliphatic heterocycles. The molecule has 1 aromatic rings. The van der Waals surface area contributed by atoms with Crippen LogP contribution in [0.1, 0.15) is 30.1 Å². The molecule has 17 heavy (non-hydrogen) atoms. The molecular formula is C12H18N2O3. The van der Waals surface area contributed by atoms with E-state index in [4.69, 9.17) is 5.73 Å². The van der Waals surface area contributed by atoms with Gasteiger partial charge in [0.15, 0.2) is 0 Å². The highest BCUT2D eigenvalue weighted by molar-refractivity contribution is 5.95. The summed E-state index contributed by atoms with van der Waals surface area (Å²) in [4.78, 5) is 11.6. The number of nitrogen functional groups attached to an aromatic ring is 1. The summed E-state index contributed by atoms with van der Waals surface area (Å²) >= 11 is 0. The van der Waals surface area contributed by atoms with Gasteiger partial charge < -0.3 is 21.3 Å². The van der Waals surface area contributed by atoms with Crippen molar-refractivity contribution < 1.29 is 15.0 Å². The summed E-state index contributed by atoms with van der Waals surface area (Å²) in [6, 6.07) is 4.29. The molecule has 1 amide bonds. The lowest BCUT2D eigenvalue weighted by molar-refractivity contribution is 0.0910. The molecule has 0 bridgehead atoms. The molecule has 0 spiro atoms. The van der Waals surface area contributed by atoms with Crippen molar-refractivity contribution in [2.45, 2.75) is 25.9 Å². The van der Waals surface area contributed by atoms with Crippen LogP contribution in [-0.2, 0) is 0 Å². The molecule has 0 saturated heterocycles. The lowest BCUT2D eigenvalue weighted by atomic mass is 10.1. The average molecular weight is 238 g/mol. The van der Waals surface area contributed by atoms with Crippen LogP contribution in [0.4, 0.5) is 5.69 Å². The number of nitrogens with one attached hydrogen (secondary N) is 1. The van der Waals surface area contributed by atoms with Crippen molar-refractivity contribution in [2.24, 2.45) is 0 Å². The van der Waals surface area contributed by atoms with Crippen LogP contribution in [0.15, 0.2) is 18.2 Å². The number of carbonyl (C=O) groups is 1. The van der Waals surface area contributed by atoms with Crippen molar-refractivity contribution in [1.29, 1.82) is 0 Å². The fraction of sp³-hybridized carbons (Fsp3) is 0.417. The van der Waals surface area contributed by atoms with Gasteiger partial charge in [-0.15, -0.1) is 0 Å². The van der Waals surface area contributed by atoms with E-state index in [1.165, 1.54) is 18.2 Å². The summed E-state index contributed by atoms with van der Waals surface area (Å²) in [5.74, 6) is -0.456. The number of carbonyl (C=O) groups excluding carboxylic acids is 1. The third-order valence-corrected chi connectivity index (χ3v) is 2.41. The van der Waals surface area contributed by atoms with Crippen LogP contribution in [0.5, 0.6) is 5.75 Å². The van der Waals surface area contributed by atoms with Crippen LogP contribution in [0, 0.1) is 0 Å². The Kier molecular flexibility index (Phi) is 4.78. The molecule has 5 nitrogen and oxygen atoms in total. The quantitative estimate of drug-likeness (QED) is 0.452. The Balaban J connectivity index is 2.55. The third-order valence-electron chi connectivity index (χ3n) is 2.41. The molecule has 0 aliphatic carbocycles. The van der Waals surface area contributed by atoms with Gasteiger partial charge in [-0.25, -0.2) is 0 Å². The molecule has 5 N–H and O–H groups in total. The summed E-state index contributed by atoms with van der Waals surface area (Å²) < 4.78 is 0. The van der Waals surface area contributed by atoms with Gasteiger partial charge in [-0.1, -0.05) is 13.3 Å². The Hall–Kier alpha value is -1.75. The largest absolute Gasteiger partial charge is 0.506 e. The minimum Gasteiger partial charge on any atom is -0.506 e. The zero-order valence-corrected chi connectivity index (χ0v) is 9.81. The summed E-state index contributed by atoms with van der Waals surface area (Å²) in [5.41, 5.74) is 5.98. The van der Waals surface area contributed by atoms with Crippen molar-refractivity contribution in [3.8, 4) is 5.75 Å². The first kappa shape index (κ1) is 13.3. The molecule has 5 heteroatoms. The minimum absolute atomic E-state index is 0.119. The maximum Gasteiger partial charge on any atom is 0.251 e. The van der Waals surface area contributed by atoms with Gasteiger partial charge in [0.1, 0.15) is 5.75 Å². The van der Waals surface area contributed by atoms with Gasteiger partial charge in [-0.2, -0.15) is 0 Å². The zero-order valence-electron chi connectivity index (χ0n) is 9.81. The molecule has 0 radical (unpaired) electrons. The molecule has 1 atom stereocenters. The second kappa shape index (κ2) is 6.10.